The molecule has 2 aliphatic rings. The first-order chi connectivity index (χ1) is 10.3. The topological polar surface area (TPSA) is 53.4 Å². The lowest BCUT2D eigenvalue weighted by atomic mass is 10.1. The number of nitrogens with zero attached hydrogens (tertiary/aromatic N) is 4. The molecular formula is C15H25N5O. The van der Waals surface area contributed by atoms with Gasteiger partial charge in [0.1, 0.15) is 0 Å². The van der Waals surface area contributed by atoms with Crippen molar-refractivity contribution in [1.82, 2.24) is 20.0 Å². The maximum Gasteiger partial charge on any atom is 0.268 e. The van der Waals surface area contributed by atoms with Gasteiger partial charge in [0.05, 0.1) is 18.4 Å². The van der Waals surface area contributed by atoms with Crippen molar-refractivity contribution in [3.63, 3.8) is 0 Å². The van der Waals surface area contributed by atoms with Crippen molar-refractivity contribution in [3.8, 4) is 0 Å². The Morgan fingerprint density at radius 3 is 2.52 bits per heavy atom. The lowest BCUT2D eigenvalue weighted by Crippen LogP contribution is -2.45. The number of nitrogens with one attached hydrogen (secondary N) is 1. The molecule has 0 unspecified atom stereocenters. The van der Waals surface area contributed by atoms with Crippen molar-refractivity contribution >= 4 is 5.69 Å². The molecule has 116 valence electrons. The molecule has 0 bridgehead atoms. The van der Waals surface area contributed by atoms with Crippen molar-refractivity contribution in [2.24, 2.45) is 0 Å². The van der Waals surface area contributed by atoms with Crippen LogP contribution in [0.3, 0.4) is 0 Å². The van der Waals surface area contributed by atoms with E-state index in [4.69, 9.17) is 0 Å². The predicted octanol–water partition coefficient (Wildman–Crippen LogP) is 0.139. The van der Waals surface area contributed by atoms with Crippen LogP contribution in [-0.4, -0.2) is 60.5 Å². The van der Waals surface area contributed by atoms with Gasteiger partial charge in [-0.25, -0.2) is 4.68 Å². The molecule has 2 saturated heterocycles. The maximum absolute atomic E-state index is 12.2. The summed E-state index contributed by atoms with van der Waals surface area (Å²) in [6.07, 6.45) is 5.58. The summed E-state index contributed by atoms with van der Waals surface area (Å²) in [5.74, 6) is 0. The summed E-state index contributed by atoms with van der Waals surface area (Å²) in [7, 11) is 0. The van der Waals surface area contributed by atoms with E-state index in [0.29, 0.717) is 6.54 Å². The van der Waals surface area contributed by atoms with Crippen molar-refractivity contribution in [2.75, 3.05) is 50.7 Å². The Kier molecular flexibility index (Phi) is 4.87. The van der Waals surface area contributed by atoms with Gasteiger partial charge < -0.3 is 10.2 Å². The predicted molar refractivity (Wildman–Crippen MR) is 83.9 cm³/mol. The second kappa shape index (κ2) is 7.04. The number of hydrogen-bond donors (Lipinski definition) is 1. The van der Waals surface area contributed by atoms with Crippen LogP contribution < -0.4 is 15.8 Å². The zero-order chi connectivity index (χ0) is 14.5. The molecule has 2 fully saturated rings. The lowest BCUT2D eigenvalue weighted by Gasteiger charge is -2.28. The highest BCUT2D eigenvalue weighted by atomic mass is 16.1. The van der Waals surface area contributed by atoms with Gasteiger partial charge in [0, 0.05) is 51.9 Å². The van der Waals surface area contributed by atoms with Gasteiger partial charge in [-0.2, -0.15) is 5.10 Å². The Balaban J connectivity index is 1.59. The van der Waals surface area contributed by atoms with Crippen LogP contribution in [0.2, 0.25) is 0 Å². The molecule has 3 rings (SSSR count). The van der Waals surface area contributed by atoms with E-state index in [2.05, 4.69) is 20.2 Å². The molecule has 21 heavy (non-hydrogen) atoms. The minimum atomic E-state index is 0.0215. The fourth-order valence-corrected chi connectivity index (χ4v) is 3.09. The van der Waals surface area contributed by atoms with E-state index in [1.165, 1.54) is 19.3 Å². The third-order valence-electron chi connectivity index (χ3n) is 4.41. The monoisotopic (exact) mass is 291 g/mol. The van der Waals surface area contributed by atoms with E-state index >= 15 is 0 Å². The zero-order valence-corrected chi connectivity index (χ0v) is 12.6. The molecule has 0 saturated carbocycles. The lowest BCUT2D eigenvalue weighted by molar-refractivity contribution is 0.228. The largest absolute Gasteiger partial charge is 0.370 e. The smallest absolute Gasteiger partial charge is 0.268 e. The van der Waals surface area contributed by atoms with E-state index in [1.807, 2.05) is 6.20 Å². The highest BCUT2D eigenvalue weighted by Crippen LogP contribution is 2.16. The number of piperidine rings is 1. The third kappa shape index (κ3) is 3.83. The summed E-state index contributed by atoms with van der Waals surface area (Å²) >= 11 is 0. The third-order valence-corrected chi connectivity index (χ3v) is 4.41. The van der Waals surface area contributed by atoms with Gasteiger partial charge in [0.15, 0.2) is 0 Å². The summed E-state index contributed by atoms with van der Waals surface area (Å²) in [5, 5.41) is 7.69. The highest BCUT2D eigenvalue weighted by Gasteiger charge is 2.13. The molecule has 0 aliphatic carbocycles. The summed E-state index contributed by atoms with van der Waals surface area (Å²) in [4.78, 5) is 16.9. The van der Waals surface area contributed by atoms with Crippen LogP contribution in [0.25, 0.3) is 0 Å². The van der Waals surface area contributed by atoms with E-state index < -0.39 is 0 Å². The fourth-order valence-electron chi connectivity index (χ4n) is 3.09. The average molecular weight is 291 g/mol. The van der Waals surface area contributed by atoms with Gasteiger partial charge in [-0.3, -0.25) is 9.69 Å². The molecular weight excluding hydrogens is 266 g/mol. The Bertz CT molecular complexity index is 503. The minimum Gasteiger partial charge on any atom is -0.370 e. The van der Waals surface area contributed by atoms with Crippen LogP contribution in [0.4, 0.5) is 5.69 Å². The van der Waals surface area contributed by atoms with E-state index in [-0.39, 0.29) is 5.56 Å². The normalized spacial score (nSPS) is 20.7. The molecule has 6 heteroatoms. The van der Waals surface area contributed by atoms with Gasteiger partial charge in [-0.05, 0) is 19.3 Å². The highest BCUT2D eigenvalue weighted by molar-refractivity contribution is 5.43. The quantitative estimate of drug-likeness (QED) is 0.855. The Morgan fingerprint density at radius 2 is 1.81 bits per heavy atom. The van der Waals surface area contributed by atoms with Gasteiger partial charge in [-0.15, -0.1) is 0 Å². The van der Waals surface area contributed by atoms with Crippen LogP contribution in [0.1, 0.15) is 19.3 Å². The molecule has 1 aromatic heterocycles. The fraction of sp³-hybridized carbons (Fsp3) is 0.733. The molecule has 0 aromatic carbocycles. The van der Waals surface area contributed by atoms with Gasteiger partial charge in [0.2, 0.25) is 0 Å². The SMILES string of the molecule is O=c1cc(N2CCCCC2)cnn1CCN1CCNCC1. The van der Waals surface area contributed by atoms with Crippen molar-refractivity contribution < 1.29 is 0 Å². The van der Waals surface area contributed by atoms with Crippen molar-refractivity contribution in [2.45, 2.75) is 25.8 Å². The molecule has 3 heterocycles. The number of hydrogen-bond acceptors (Lipinski definition) is 5. The van der Waals surface area contributed by atoms with Gasteiger partial charge >= 0.3 is 0 Å². The number of anilines is 1. The van der Waals surface area contributed by atoms with Crippen LogP contribution >= 0.6 is 0 Å². The second-order valence-corrected chi connectivity index (χ2v) is 5.91. The van der Waals surface area contributed by atoms with Gasteiger partial charge in [0.25, 0.3) is 5.56 Å². The Morgan fingerprint density at radius 1 is 1.05 bits per heavy atom. The molecule has 2 aliphatic heterocycles. The van der Waals surface area contributed by atoms with Crippen molar-refractivity contribution in [1.29, 1.82) is 0 Å². The average Bonchev–Trinajstić information content (AvgIpc) is 2.55. The molecule has 1 N–H and O–H groups in total. The minimum absolute atomic E-state index is 0.0215. The van der Waals surface area contributed by atoms with Crippen LogP contribution in [0, 0.1) is 0 Å². The molecule has 6 nitrogen and oxygen atoms in total. The first-order valence-electron chi connectivity index (χ1n) is 8.08. The molecule has 0 atom stereocenters. The number of aromatic nitrogens is 2. The first-order valence-corrected chi connectivity index (χ1v) is 8.08. The summed E-state index contributed by atoms with van der Waals surface area (Å²) in [5.41, 5.74) is 1.01. The summed E-state index contributed by atoms with van der Waals surface area (Å²) in [6.45, 7) is 7.86. The van der Waals surface area contributed by atoms with Crippen LogP contribution in [-0.2, 0) is 6.54 Å². The van der Waals surface area contributed by atoms with Gasteiger partial charge in [-0.1, -0.05) is 0 Å². The summed E-state index contributed by atoms with van der Waals surface area (Å²) < 4.78 is 1.59. The summed E-state index contributed by atoms with van der Waals surface area (Å²) in [6, 6.07) is 1.75. The molecule has 0 spiro atoms. The Labute approximate surface area is 125 Å². The first kappa shape index (κ1) is 14.5. The molecule has 1 aromatic rings. The molecule has 0 amide bonds. The van der Waals surface area contributed by atoms with E-state index in [9.17, 15) is 4.79 Å². The number of piperazine rings is 1. The van der Waals surface area contributed by atoms with Crippen molar-refractivity contribution in [3.05, 3.63) is 22.6 Å². The molecule has 0 radical (unpaired) electrons. The van der Waals surface area contributed by atoms with Crippen LogP contribution in [0.15, 0.2) is 17.1 Å². The maximum atomic E-state index is 12.2. The standard InChI is InChI=1S/C15H25N5O/c21-15-12-14(19-6-2-1-3-7-19)13-17-20(15)11-10-18-8-4-16-5-9-18/h12-13,16H,1-11H2. The van der Waals surface area contributed by atoms with E-state index in [1.54, 1.807) is 10.7 Å². The second-order valence-electron chi connectivity index (χ2n) is 5.91. The Hall–Kier alpha value is -1.40. The zero-order valence-electron chi connectivity index (χ0n) is 12.6. The number of rotatable bonds is 4. The van der Waals surface area contributed by atoms with E-state index in [0.717, 1.165) is 51.5 Å². The van der Waals surface area contributed by atoms with Crippen LogP contribution in [0.5, 0.6) is 0 Å².